The number of carbonyl (C=O) groups is 5. The number of phenolic OH excluding ortho intramolecular Hbond substituents is 1. The molecule has 8 rings (SSSR count). The van der Waals surface area contributed by atoms with E-state index in [9.17, 15) is 33.9 Å². The maximum atomic E-state index is 14.7. The van der Waals surface area contributed by atoms with Gasteiger partial charge >= 0.3 is 17.6 Å². The Balaban J connectivity index is 1.09. The van der Waals surface area contributed by atoms with Crippen molar-refractivity contribution in [3.63, 3.8) is 0 Å². The van der Waals surface area contributed by atoms with Gasteiger partial charge in [0.2, 0.25) is 11.8 Å². The van der Waals surface area contributed by atoms with Crippen LogP contribution in [0.3, 0.4) is 0 Å². The smallest absolute Gasteiger partial charge is 0.349 e. The molecule has 328 valence electrons. The van der Waals surface area contributed by atoms with Gasteiger partial charge in [-0.2, -0.15) is 0 Å². The molecule has 6 N–H and O–H groups in total. The van der Waals surface area contributed by atoms with Gasteiger partial charge in [0.1, 0.15) is 48.2 Å². The predicted molar refractivity (Wildman–Crippen MR) is 240 cm³/mol. The van der Waals surface area contributed by atoms with Crippen molar-refractivity contribution >= 4 is 62.4 Å². The molecule has 0 radical (unpaired) electrons. The molecule has 8 aromatic rings. The molecule has 0 saturated carbocycles. The van der Waals surface area contributed by atoms with E-state index in [-0.39, 0.29) is 37.4 Å². The zero-order valence-corrected chi connectivity index (χ0v) is 34.7. The van der Waals surface area contributed by atoms with E-state index in [1.165, 1.54) is 24.3 Å². The molecule has 5 aromatic carbocycles. The molecule has 3 aromatic heterocycles. The van der Waals surface area contributed by atoms with Crippen molar-refractivity contribution in [2.45, 2.75) is 50.6 Å². The molecular weight excluding hydrogens is 831 g/mol. The zero-order chi connectivity index (χ0) is 45.3. The second-order valence-corrected chi connectivity index (χ2v) is 15.4. The van der Waals surface area contributed by atoms with Crippen molar-refractivity contribution in [2.75, 3.05) is 0 Å². The number of aromatic amines is 2. The Labute approximate surface area is 370 Å². The number of hydrogen-bond acceptors (Lipinski definition) is 10. The van der Waals surface area contributed by atoms with Gasteiger partial charge in [0, 0.05) is 58.5 Å². The van der Waals surface area contributed by atoms with Crippen molar-refractivity contribution in [3.05, 3.63) is 184 Å². The van der Waals surface area contributed by atoms with Gasteiger partial charge in [-0.1, -0.05) is 97.1 Å². The zero-order valence-electron chi connectivity index (χ0n) is 34.7. The lowest BCUT2D eigenvalue weighted by Crippen LogP contribution is -2.57. The number of H-pyrrole nitrogens is 2. The quantitative estimate of drug-likeness (QED) is 0.0470. The van der Waals surface area contributed by atoms with Crippen LogP contribution < -0.4 is 21.6 Å². The SMILES string of the molecule is O=C(C[C@H](NC(=O)[C@H](Cc1c[nH]c2ccccc12)NC(=O)[C@H](Cc1c[nH]c2ccccc12)NC(=O)c1cc2ccc(O)cc2oc1=O)C(=O)OCc1ccccc1)OCc1ccccc1. The number of esters is 2. The average molecular weight is 874 g/mol. The number of para-hydroxylation sites is 2. The summed E-state index contributed by atoms with van der Waals surface area (Å²) in [5.41, 5.74) is 2.87. The van der Waals surface area contributed by atoms with Crippen LogP contribution in [0.15, 0.2) is 155 Å². The molecular formula is C50H43N5O10. The molecule has 0 aliphatic heterocycles. The average Bonchev–Trinajstić information content (AvgIpc) is 3.93. The maximum absolute atomic E-state index is 14.7. The number of aromatic nitrogens is 2. The number of nitrogens with one attached hydrogen (secondary N) is 5. The van der Waals surface area contributed by atoms with Crippen molar-refractivity contribution < 1.29 is 43.0 Å². The summed E-state index contributed by atoms with van der Waals surface area (Å²) in [5.74, 6) is -4.41. The van der Waals surface area contributed by atoms with Crippen molar-refractivity contribution in [1.82, 2.24) is 25.9 Å². The van der Waals surface area contributed by atoms with Crippen LogP contribution in [0.5, 0.6) is 5.75 Å². The number of ether oxygens (including phenoxy) is 2. The molecule has 65 heavy (non-hydrogen) atoms. The number of benzene rings is 5. The fourth-order valence-electron chi connectivity index (χ4n) is 7.48. The Kier molecular flexibility index (Phi) is 13.1. The summed E-state index contributed by atoms with van der Waals surface area (Å²) in [6, 6.07) is 33.6. The highest BCUT2D eigenvalue weighted by atomic mass is 16.5. The lowest BCUT2D eigenvalue weighted by molar-refractivity contribution is -0.155. The molecule has 0 aliphatic rings. The predicted octanol–water partition coefficient (Wildman–Crippen LogP) is 5.89. The monoisotopic (exact) mass is 873 g/mol. The number of fused-ring (bicyclic) bond motifs is 3. The number of carbonyl (C=O) groups excluding carboxylic acids is 5. The van der Waals surface area contributed by atoms with Gasteiger partial charge in [0.15, 0.2) is 0 Å². The van der Waals surface area contributed by atoms with Crippen LogP contribution in [0, 0.1) is 0 Å². The lowest BCUT2D eigenvalue weighted by Gasteiger charge is -2.25. The summed E-state index contributed by atoms with van der Waals surface area (Å²) in [4.78, 5) is 89.7. The second-order valence-electron chi connectivity index (χ2n) is 15.4. The van der Waals surface area contributed by atoms with Crippen LogP contribution >= 0.6 is 0 Å². The standard InChI is InChI=1S/C50H43N5O10/c56-35-20-19-32-21-38(49(61)65-44(32)24-35)46(58)53-41(22-33-26-51-39-17-9-7-15-36(33)39)47(59)54-42(23-34-27-52-40-18-10-8-16-37(34)40)48(60)55-43(50(62)64-29-31-13-5-2-6-14-31)25-45(57)63-28-30-11-3-1-4-12-30/h1-21,24,26-27,41-43,51-52,56H,22-23,25,28-29H2,(H,53,58)(H,54,59)(H,55,60)/t41-,42-,43-/m0/s1. The maximum Gasteiger partial charge on any atom is 0.349 e. The van der Waals surface area contributed by atoms with Crippen LogP contribution in [-0.2, 0) is 54.7 Å². The van der Waals surface area contributed by atoms with Crippen molar-refractivity contribution in [3.8, 4) is 5.75 Å². The molecule has 0 saturated heterocycles. The summed E-state index contributed by atoms with van der Waals surface area (Å²) in [6.45, 7) is -0.221. The van der Waals surface area contributed by atoms with Gasteiger partial charge in [0.25, 0.3) is 5.91 Å². The first kappa shape index (κ1) is 43.2. The minimum Gasteiger partial charge on any atom is -0.508 e. The van der Waals surface area contributed by atoms with E-state index >= 15 is 0 Å². The van der Waals surface area contributed by atoms with Gasteiger partial charge in [-0.15, -0.1) is 0 Å². The largest absolute Gasteiger partial charge is 0.508 e. The number of phenols is 1. The van der Waals surface area contributed by atoms with Crippen molar-refractivity contribution in [2.24, 2.45) is 0 Å². The molecule has 0 spiro atoms. The molecule has 0 aliphatic carbocycles. The first-order valence-electron chi connectivity index (χ1n) is 20.8. The molecule has 15 heteroatoms. The van der Waals surface area contributed by atoms with E-state index in [0.717, 1.165) is 21.8 Å². The number of aromatic hydroxyl groups is 1. The summed E-state index contributed by atoms with van der Waals surface area (Å²) in [7, 11) is 0. The first-order chi connectivity index (χ1) is 31.6. The number of amides is 3. The molecule has 3 heterocycles. The van der Waals surface area contributed by atoms with Crippen LogP contribution in [0.4, 0.5) is 0 Å². The topological polar surface area (TPSA) is 222 Å². The highest BCUT2D eigenvalue weighted by Gasteiger charge is 2.33. The highest BCUT2D eigenvalue weighted by Crippen LogP contribution is 2.23. The van der Waals surface area contributed by atoms with Gasteiger partial charge in [0.05, 0.1) is 6.42 Å². The van der Waals surface area contributed by atoms with Gasteiger partial charge in [-0.3, -0.25) is 19.2 Å². The summed E-state index contributed by atoms with van der Waals surface area (Å²) in [6.07, 6.45) is 2.63. The molecule has 0 fully saturated rings. The molecule has 3 atom stereocenters. The number of hydrogen-bond donors (Lipinski definition) is 6. The Morgan fingerprint density at radius 2 is 1.12 bits per heavy atom. The number of rotatable bonds is 17. The van der Waals surface area contributed by atoms with E-state index in [4.69, 9.17) is 13.9 Å². The van der Waals surface area contributed by atoms with Gasteiger partial charge in [-0.05, 0) is 52.6 Å². The van der Waals surface area contributed by atoms with Gasteiger partial charge in [-0.25, -0.2) is 9.59 Å². The fraction of sp³-hybridized carbons (Fsp3) is 0.160. The van der Waals surface area contributed by atoms with E-state index < -0.39 is 65.4 Å². The fourth-order valence-corrected chi connectivity index (χ4v) is 7.48. The lowest BCUT2D eigenvalue weighted by atomic mass is 10.0. The molecule has 0 bridgehead atoms. The molecule has 15 nitrogen and oxygen atoms in total. The third kappa shape index (κ3) is 10.6. The van der Waals surface area contributed by atoms with Crippen LogP contribution in [0.25, 0.3) is 32.8 Å². The summed E-state index contributed by atoms with van der Waals surface area (Å²) < 4.78 is 16.4. The van der Waals surface area contributed by atoms with E-state index in [0.29, 0.717) is 27.6 Å². The normalized spacial score (nSPS) is 12.6. The van der Waals surface area contributed by atoms with E-state index in [1.807, 2.05) is 60.7 Å². The molecule has 0 unspecified atom stereocenters. The summed E-state index contributed by atoms with van der Waals surface area (Å²) in [5, 5.41) is 19.9. The van der Waals surface area contributed by atoms with Crippen molar-refractivity contribution in [1.29, 1.82) is 0 Å². The Morgan fingerprint density at radius 3 is 1.72 bits per heavy atom. The Morgan fingerprint density at radius 1 is 0.600 bits per heavy atom. The Bertz CT molecular complexity index is 3070. The minimum absolute atomic E-state index is 0.0532. The van der Waals surface area contributed by atoms with Crippen LogP contribution in [0.2, 0.25) is 0 Å². The third-order valence-electron chi connectivity index (χ3n) is 10.9. The summed E-state index contributed by atoms with van der Waals surface area (Å²) >= 11 is 0. The van der Waals surface area contributed by atoms with E-state index in [2.05, 4.69) is 25.9 Å². The Hall–Kier alpha value is -8.46. The van der Waals surface area contributed by atoms with E-state index in [1.54, 1.807) is 60.9 Å². The third-order valence-corrected chi connectivity index (χ3v) is 10.9. The second kappa shape index (κ2) is 19.7. The van der Waals surface area contributed by atoms with Crippen LogP contribution in [0.1, 0.15) is 39.0 Å². The van der Waals surface area contributed by atoms with Crippen LogP contribution in [-0.4, -0.2) is 62.9 Å². The molecule has 3 amide bonds. The van der Waals surface area contributed by atoms with Gasteiger partial charge < -0.3 is 44.9 Å². The highest BCUT2D eigenvalue weighted by molar-refractivity contribution is 6.01. The first-order valence-corrected chi connectivity index (χ1v) is 20.8. The minimum atomic E-state index is -1.53.